The fourth-order valence-corrected chi connectivity index (χ4v) is 6.69. The highest BCUT2D eigenvalue weighted by Crippen LogP contribution is 2.51. The van der Waals surface area contributed by atoms with Crippen molar-refractivity contribution in [2.45, 2.75) is 63.5 Å². The Hall–Kier alpha value is -3.30. The molecule has 38 heavy (non-hydrogen) atoms. The lowest BCUT2D eigenvalue weighted by atomic mass is 9.58. The van der Waals surface area contributed by atoms with Gasteiger partial charge in [0, 0.05) is 45.0 Å². The number of hydrogen-bond acceptors (Lipinski definition) is 6. The van der Waals surface area contributed by atoms with Gasteiger partial charge in [-0.05, 0) is 56.2 Å². The molecule has 0 unspecified atom stereocenters. The Morgan fingerprint density at radius 3 is 2.71 bits per heavy atom. The molecule has 2 saturated carbocycles. The summed E-state index contributed by atoms with van der Waals surface area (Å²) in [5.41, 5.74) is 4.77. The molecule has 7 rings (SSSR count). The van der Waals surface area contributed by atoms with Crippen molar-refractivity contribution in [2.75, 3.05) is 19.7 Å². The number of rotatable bonds is 6. The minimum Gasteiger partial charge on any atom is -0.376 e. The lowest BCUT2D eigenvalue weighted by molar-refractivity contribution is -0.0216. The molecule has 0 radical (unpaired) electrons. The van der Waals surface area contributed by atoms with Crippen molar-refractivity contribution in [1.82, 2.24) is 33.6 Å². The molecule has 3 aliphatic rings. The zero-order valence-electron chi connectivity index (χ0n) is 22.4. The molecule has 9 nitrogen and oxygen atoms in total. The van der Waals surface area contributed by atoms with Gasteiger partial charge in [-0.2, -0.15) is 0 Å². The SMILES string of the molecule is CC1CC(c2cccc(-n3cc4c(C5CC5)nc(CN5CCO[C@H](C)C5)cn4c3=O)c2)(c2nncn2C)C1. The monoisotopic (exact) mass is 513 g/mol. The maximum absolute atomic E-state index is 13.8. The molecule has 3 aromatic heterocycles. The molecule has 0 N–H and O–H groups in total. The molecule has 4 aromatic rings. The summed E-state index contributed by atoms with van der Waals surface area (Å²) in [5, 5.41) is 8.66. The van der Waals surface area contributed by atoms with E-state index in [1.165, 1.54) is 5.56 Å². The maximum atomic E-state index is 13.8. The number of ether oxygens (including phenoxy) is 1. The number of imidazole rings is 1. The Bertz CT molecular complexity index is 1560. The molecule has 1 atom stereocenters. The van der Waals surface area contributed by atoms with E-state index in [1.54, 1.807) is 10.9 Å². The van der Waals surface area contributed by atoms with E-state index < -0.39 is 0 Å². The molecule has 9 heteroatoms. The van der Waals surface area contributed by atoms with Crippen LogP contribution in [0.4, 0.5) is 0 Å². The second kappa shape index (κ2) is 8.88. The molecule has 1 aliphatic heterocycles. The smallest absolute Gasteiger partial charge is 0.337 e. The van der Waals surface area contributed by atoms with Gasteiger partial charge in [0.2, 0.25) is 0 Å². The van der Waals surface area contributed by atoms with Crippen LogP contribution in [0.5, 0.6) is 0 Å². The zero-order valence-corrected chi connectivity index (χ0v) is 22.4. The molecular weight excluding hydrogens is 478 g/mol. The van der Waals surface area contributed by atoms with Crippen molar-refractivity contribution in [3.63, 3.8) is 0 Å². The van der Waals surface area contributed by atoms with E-state index in [1.807, 2.05) is 34.5 Å². The molecule has 0 amide bonds. The van der Waals surface area contributed by atoms with Gasteiger partial charge in [-0.25, -0.2) is 4.79 Å². The van der Waals surface area contributed by atoms with Gasteiger partial charge in [0.05, 0.1) is 40.7 Å². The third kappa shape index (κ3) is 3.91. The van der Waals surface area contributed by atoms with Gasteiger partial charge >= 0.3 is 5.69 Å². The van der Waals surface area contributed by atoms with Crippen LogP contribution in [0.25, 0.3) is 11.2 Å². The average Bonchev–Trinajstić information content (AvgIpc) is 3.57. The van der Waals surface area contributed by atoms with Crippen molar-refractivity contribution >= 4 is 5.52 Å². The highest BCUT2D eigenvalue weighted by molar-refractivity contribution is 5.56. The molecule has 4 heterocycles. The van der Waals surface area contributed by atoms with E-state index in [0.717, 1.165) is 80.3 Å². The summed E-state index contributed by atoms with van der Waals surface area (Å²) in [6.07, 6.45) is 10.2. The second-order valence-corrected chi connectivity index (χ2v) is 11.8. The Kier molecular flexibility index (Phi) is 5.56. The molecule has 0 spiro atoms. The summed E-state index contributed by atoms with van der Waals surface area (Å²) in [6.45, 7) is 7.63. The standard InChI is InChI=1S/C29H35N7O2/c1-19-12-29(13-19,27-32-30-18-33(27)3)22-5-4-6-24(11-22)35-17-25-26(21-7-8-21)31-23(16-36(25)28(35)37)15-34-9-10-38-20(2)14-34/h4-6,11,16-21H,7-10,12-15H2,1-3H3/t19?,20-,29?/m1/s1. The molecule has 198 valence electrons. The van der Waals surface area contributed by atoms with E-state index in [-0.39, 0.29) is 17.2 Å². The Morgan fingerprint density at radius 1 is 1.16 bits per heavy atom. The van der Waals surface area contributed by atoms with E-state index in [2.05, 4.69) is 47.1 Å². The number of morpholine rings is 1. The normalized spacial score (nSPS) is 26.1. The first kappa shape index (κ1) is 23.8. The Labute approximate surface area is 222 Å². The quantitative estimate of drug-likeness (QED) is 0.393. The summed E-state index contributed by atoms with van der Waals surface area (Å²) in [5.74, 6) is 2.05. The van der Waals surface area contributed by atoms with Crippen LogP contribution in [0.2, 0.25) is 0 Å². The van der Waals surface area contributed by atoms with E-state index >= 15 is 0 Å². The molecule has 0 bridgehead atoms. The lowest BCUT2D eigenvalue weighted by Crippen LogP contribution is -2.43. The molecule has 2 aliphatic carbocycles. The van der Waals surface area contributed by atoms with Crippen molar-refractivity contribution in [1.29, 1.82) is 0 Å². The van der Waals surface area contributed by atoms with E-state index in [0.29, 0.717) is 11.8 Å². The third-order valence-electron chi connectivity index (χ3n) is 8.61. The second-order valence-electron chi connectivity index (χ2n) is 11.8. The van der Waals surface area contributed by atoms with Crippen LogP contribution in [0.15, 0.2) is 47.8 Å². The van der Waals surface area contributed by atoms with Gasteiger partial charge in [-0.15, -0.1) is 10.2 Å². The lowest BCUT2D eigenvalue weighted by Gasteiger charge is -2.46. The van der Waals surface area contributed by atoms with Gasteiger partial charge in [0.1, 0.15) is 12.2 Å². The van der Waals surface area contributed by atoms with Crippen molar-refractivity contribution in [2.24, 2.45) is 13.0 Å². The number of nitrogens with zero attached hydrogens (tertiary/aromatic N) is 7. The first-order valence-electron chi connectivity index (χ1n) is 13.8. The van der Waals surface area contributed by atoms with Crippen LogP contribution in [-0.4, -0.2) is 59.4 Å². The van der Waals surface area contributed by atoms with Crippen LogP contribution in [-0.2, 0) is 23.7 Å². The Balaban J connectivity index is 1.29. The summed E-state index contributed by atoms with van der Waals surface area (Å²) in [4.78, 5) is 21.3. The predicted octanol–water partition coefficient (Wildman–Crippen LogP) is 3.43. The first-order chi connectivity index (χ1) is 18.4. The van der Waals surface area contributed by atoms with Crippen molar-refractivity contribution in [3.8, 4) is 5.69 Å². The highest BCUT2D eigenvalue weighted by Gasteiger charge is 2.48. The molecule has 3 fully saturated rings. The van der Waals surface area contributed by atoms with E-state index in [4.69, 9.17) is 9.72 Å². The number of aryl methyl sites for hydroxylation is 1. The van der Waals surface area contributed by atoms with Crippen LogP contribution >= 0.6 is 0 Å². The summed E-state index contributed by atoms with van der Waals surface area (Å²) in [6, 6.07) is 8.42. The average molecular weight is 514 g/mol. The minimum atomic E-state index is -0.174. The number of aromatic nitrogens is 6. The highest BCUT2D eigenvalue weighted by atomic mass is 16.5. The number of fused-ring (bicyclic) bond motifs is 1. The number of benzene rings is 1. The summed E-state index contributed by atoms with van der Waals surface area (Å²) in [7, 11) is 2.01. The summed E-state index contributed by atoms with van der Waals surface area (Å²) >= 11 is 0. The van der Waals surface area contributed by atoms with Crippen LogP contribution in [0.1, 0.15) is 68.2 Å². The van der Waals surface area contributed by atoms with Crippen molar-refractivity contribution < 1.29 is 4.74 Å². The van der Waals surface area contributed by atoms with Crippen LogP contribution in [0, 0.1) is 5.92 Å². The van der Waals surface area contributed by atoms with Gasteiger partial charge < -0.3 is 9.30 Å². The largest absolute Gasteiger partial charge is 0.376 e. The maximum Gasteiger partial charge on any atom is 0.337 e. The topological polar surface area (TPSA) is 82.5 Å². The zero-order chi connectivity index (χ0) is 26.0. The third-order valence-corrected chi connectivity index (χ3v) is 8.61. The fourth-order valence-electron chi connectivity index (χ4n) is 6.69. The molecule has 1 aromatic carbocycles. The van der Waals surface area contributed by atoms with Gasteiger partial charge in [0.25, 0.3) is 0 Å². The van der Waals surface area contributed by atoms with Crippen molar-refractivity contribution in [3.05, 3.63) is 76.2 Å². The van der Waals surface area contributed by atoms with Crippen LogP contribution in [0.3, 0.4) is 0 Å². The van der Waals surface area contributed by atoms with Gasteiger partial charge in [-0.3, -0.25) is 18.9 Å². The summed E-state index contributed by atoms with van der Waals surface area (Å²) < 4.78 is 11.3. The number of hydrogen-bond donors (Lipinski definition) is 0. The van der Waals surface area contributed by atoms with E-state index in [9.17, 15) is 4.79 Å². The van der Waals surface area contributed by atoms with Gasteiger partial charge in [-0.1, -0.05) is 19.1 Å². The van der Waals surface area contributed by atoms with Crippen LogP contribution < -0.4 is 5.69 Å². The fraction of sp³-hybridized carbons (Fsp3) is 0.517. The minimum absolute atomic E-state index is 0.0484. The first-order valence-corrected chi connectivity index (χ1v) is 13.8. The van der Waals surface area contributed by atoms with Gasteiger partial charge in [0.15, 0.2) is 0 Å². The Morgan fingerprint density at radius 2 is 2.00 bits per heavy atom. The molecular formula is C29H35N7O2. The molecule has 1 saturated heterocycles. The predicted molar refractivity (Wildman–Crippen MR) is 144 cm³/mol.